The van der Waals surface area contributed by atoms with E-state index in [4.69, 9.17) is 9.47 Å². The van der Waals surface area contributed by atoms with Crippen LogP contribution in [0.15, 0.2) is 0 Å². The van der Waals surface area contributed by atoms with Crippen LogP contribution in [0.5, 0.6) is 0 Å². The molecule has 0 radical (unpaired) electrons. The maximum atomic E-state index is 11.9. The third kappa shape index (κ3) is 5.54. The highest BCUT2D eigenvalue weighted by atomic mass is 16.5. The van der Waals surface area contributed by atoms with E-state index in [1.165, 1.54) is 0 Å². The molecule has 0 heterocycles. The number of nitrogens with zero attached hydrogens (tertiary/aromatic N) is 1. The summed E-state index contributed by atoms with van der Waals surface area (Å²) >= 11 is 0. The molecule has 0 amide bonds. The van der Waals surface area contributed by atoms with Crippen LogP contribution < -0.4 is 5.32 Å². The summed E-state index contributed by atoms with van der Waals surface area (Å²) in [6.45, 7) is 6.02. The Morgan fingerprint density at radius 2 is 1.95 bits per heavy atom. The first kappa shape index (κ1) is 18.4. The molecule has 2 N–H and O–H groups in total. The fourth-order valence-corrected chi connectivity index (χ4v) is 2.81. The van der Waals surface area contributed by atoms with Crippen molar-refractivity contribution in [2.24, 2.45) is 5.92 Å². The standard InChI is InChI=1S/C15H30N2O4/c1-4-16-15(14(18)19,13-6-7-13)12-17(9-11-21-3)8-5-10-20-2/h13,16H,4-12H2,1-3H3,(H,18,19). The lowest BCUT2D eigenvalue weighted by Gasteiger charge is -2.36. The number of methoxy groups -OCH3 is 2. The lowest BCUT2D eigenvalue weighted by Crippen LogP contribution is -2.61. The largest absolute Gasteiger partial charge is 0.480 e. The summed E-state index contributed by atoms with van der Waals surface area (Å²) in [7, 11) is 3.35. The minimum Gasteiger partial charge on any atom is -0.480 e. The van der Waals surface area contributed by atoms with Crippen LogP contribution >= 0.6 is 0 Å². The van der Waals surface area contributed by atoms with Gasteiger partial charge in [0.25, 0.3) is 0 Å². The second-order valence-electron chi connectivity index (χ2n) is 5.70. The summed E-state index contributed by atoms with van der Waals surface area (Å²) in [4.78, 5) is 14.1. The minimum atomic E-state index is -0.824. The van der Waals surface area contributed by atoms with Crippen molar-refractivity contribution in [3.8, 4) is 0 Å². The molecule has 0 saturated heterocycles. The number of carboxylic acids is 1. The van der Waals surface area contributed by atoms with Gasteiger partial charge in [-0.1, -0.05) is 6.92 Å². The molecule has 21 heavy (non-hydrogen) atoms. The second kappa shape index (κ2) is 9.35. The molecule has 6 nitrogen and oxygen atoms in total. The summed E-state index contributed by atoms with van der Waals surface area (Å²) < 4.78 is 10.2. The van der Waals surface area contributed by atoms with Crippen LogP contribution in [0.4, 0.5) is 0 Å². The van der Waals surface area contributed by atoms with Gasteiger partial charge in [-0.25, -0.2) is 0 Å². The van der Waals surface area contributed by atoms with Crippen LogP contribution in [0.3, 0.4) is 0 Å². The SMILES string of the molecule is CCNC(CN(CCCOC)CCOC)(C(=O)O)C1CC1. The monoisotopic (exact) mass is 302 g/mol. The molecular weight excluding hydrogens is 272 g/mol. The highest BCUT2D eigenvalue weighted by Crippen LogP contribution is 2.40. The van der Waals surface area contributed by atoms with Gasteiger partial charge in [-0.05, 0) is 31.7 Å². The first-order valence-electron chi connectivity index (χ1n) is 7.79. The number of hydrogen-bond acceptors (Lipinski definition) is 5. The number of aliphatic carboxylic acids is 1. The fourth-order valence-electron chi connectivity index (χ4n) is 2.81. The maximum absolute atomic E-state index is 11.9. The van der Waals surface area contributed by atoms with E-state index >= 15 is 0 Å². The number of hydrogen-bond donors (Lipinski definition) is 2. The van der Waals surface area contributed by atoms with E-state index < -0.39 is 11.5 Å². The molecular formula is C15H30N2O4. The van der Waals surface area contributed by atoms with Crippen LogP contribution in [0.25, 0.3) is 0 Å². The van der Waals surface area contributed by atoms with E-state index in [2.05, 4.69) is 10.2 Å². The molecule has 1 rings (SSSR count). The van der Waals surface area contributed by atoms with E-state index in [1.807, 2.05) is 6.92 Å². The number of carbonyl (C=O) groups is 1. The topological polar surface area (TPSA) is 71.0 Å². The average Bonchev–Trinajstić information content (AvgIpc) is 3.28. The molecule has 0 aromatic rings. The molecule has 0 aromatic heterocycles. The van der Waals surface area contributed by atoms with Crippen LogP contribution in [-0.2, 0) is 14.3 Å². The smallest absolute Gasteiger partial charge is 0.325 e. The highest BCUT2D eigenvalue weighted by Gasteiger charge is 2.51. The van der Waals surface area contributed by atoms with Gasteiger partial charge in [-0.3, -0.25) is 9.69 Å². The number of likely N-dealkylation sites (N-methyl/N-ethyl adjacent to an activating group) is 1. The molecule has 1 atom stereocenters. The Morgan fingerprint density at radius 1 is 1.29 bits per heavy atom. The maximum Gasteiger partial charge on any atom is 0.325 e. The Hall–Kier alpha value is -0.690. The normalized spacial score (nSPS) is 17.9. The molecule has 0 aromatic carbocycles. The number of nitrogens with one attached hydrogen (secondary N) is 1. The first-order chi connectivity index (χ1) is 10.1. The zero-order valence-electron chi connectivity index (χ0n) is 13.6. The van der Waals surface area contributed by atoms with Crippen molar-refractivity contribution >= 4 is 5.97 Å². The zero-order chi connectivity index (χ0) is 15.7. The fraction of sp³-hybridized carbons (Fsp3) is 0.933. The third-order valence-electron chi connectivity index (χ3n) is 4.06. The molecule has 0 aliphatic heterocycles. The number of rotatable bonds is 13. The molecule has 6 heteroatoms. The van der Waals surface area contributed by atoms with Crippen LogP contribution in [0.1, 0.15) is 26.2 Å². The van der Waals surface area contributed by atoms with Crippen molar-refractivity contribution in [3.63, 3.8) is 0 Å². The van der Waals surface area contributed by atoms with Crippen molar-refractivity contribution in [1.82, 2.24) is 10.2 Å². The quantitative estimate of drug-likeness (QED) is 0.491. The third-order valence-corrected chi connectivity index (χ3v) is 4.06. The van der Waals surface area contributed by atoms with Gasteiger partial charge in [0.1, 0.15) is 5.54 Å². The average molecular weight is 302 g/mol. The molecule has 1 unspecified atom stereocenters. The van der Waals surface area contributed by atoms with Gasteiger partial charge < -0.3 is 19.9 Å². The van der Waals surface area contributed by atoms with Gasteiger partial charge in [0.05, 0.1) is 6.61 Å². The molecule has 0 spiro atoms. The Labute approximate surface area is 127 Å². The molecule has 124 valence electrons. The van der Waals surface area contributed by atoms with Gasteiger partial charge >= 0.3 is 5.97 Å². The molecule has 1 saturated carbocycles. The summed E-state index contributed by atoms with van der Waals surface area (Å²) in [6.07, 6.45) is 2.89. The summed E-state index contributed by atoms with van der Waals surface area (Å²) in [5.74, 6) is -0.497. The van der Waals surface area contributed by atoms with Crippen LogP contribution in [0.2, 0.25) is 0 Å². The molecule has 0 bridgehead atoms. The Balaban J connectivity index is 2.71. The molecule has 1 fully saturated rings. The summed E-state index contributed by atoms with van der Waals surface area (Å²) in [5, 5.41) is 13.0. The number of carboxylic acid groups (broad SMARTS) is 1. The van der Waals surface area contributed by atoms with E-state index in [0.29, 0.717) is 26.3 Å². The van der Waals surface area contributed by atoms with E-state index in [1.54, 1.807) is 14.2 Å². The predicted octanol–water partition coefficient (Wildman–Crippen LogP) is 0.814. The van der Waals surface area contributed by atoms with Crippen molar-refractivity contribution < 1.29 is 19.4 Å². The Morgan fingerprint density at radius 3 is 2.43 bits per heavy atom. The van der Waals surface area contributed by atoms with Gasteiger partial charge in [0.15, 0.2) is 0 Å². The van der Waals surface area contributed by atoms with Gasteiger partial charge in [0, 0.05) is 40.5 Å². The molecule has 1 aliphatic carbocycles. The van der Waals surface area contributed by atoms with Crippen LogP contribution in [0, 0.1) is 5.92 Å². The highest BCUT2D eigenvalue weighted by molar-refractivity contribution is 5.80. The second-order valence-corrected chi connectivity index (χ2v) is 5.70. The number of ether oxygens (including phenoxy) is 2. The van der Waals surface area contributed by atoms with E-state index in [0.717, 1.165) is 32.4 Å². The van der Waals surface area contributed by atoms with Gasteiger partial charge in [0.2, 0.25) is 0 Å². The van der Waals surface area contributed by atoms with Crippen molar-refractivity contribution in [3.05, 3.63) is 0 Å². The van der Waals surface area contributed by atoms with E-state index in [-0.39, 0.29) is 5.92 Å². The lowest BCUT2D eigenvalue weighted by atomic mass is 9.92. The van der Waals surface area contributed by atoms with Gasteiger partial charge in [-0.2, -0.15) is 0 Å². The Kier molecular flexibility index (Phi) is 8.18. The zero-order valence-corrected chi connectivity index (χ0v) is 13.6. The summed E-state index contributed by atoms with van der Waals surface area (Å²) in [5.41, 5.74) is -0.824. The minimum absolute atomic E-state index is 0.238. The van der Waals surface area contributed by atoms with Crippen molar-refractivity contribution in [2.75, 3.05) is 53.6 Å². The van der Waals surface area contributed by atoms with Crippen LogP contribution in [-0.4, -0.2) is 75.1 Å². The predicted molar refractivity (Wildman–Crippen MR) is 81.6 cm³/mol. The molecule has 1 aliphatic rings. The lowest BCUT2D eigenvalue weighted by molar-refractivity contribution is -0.147. The van der Waals surface area contributed by atoms with Gasteiger partial charge in [-0.15, -0.1) is 0 Å². The van der Waals surface area contributed by atoms with Crippen molar-refractivity contribution in [1.29, 1.82) is 0 Å². The first-order valence-corrected chi connectivity index (χ1v) is 7.79. The van der Waals surface area contributed by atoms with E-state index in [9.17, 15) is 9.90 Å². The van der Waals surface area contributed by atoms with Crippen molar-refractivity contribution in [2.45, 2.75) is 31.7 Å². The summed E-state index contributed by atoms with van der Waals surface area (Å²) in [6, 6.07) is 0. The Bertz CT molecular complexity index is 310.